The molecule has 1 atom stereocenters. The summed E-state index contributed by atoms with van der Waals surface area (Å²) in [6.45, 7) is 0. The molecule has 2 aromatic carbocycles. The van der Waals surface area contributed by atoms with Gasteiger partial charge in [-0.1, -0.05) is 46.3 Å². The molecule has 0 spiro atoms. The molecule has 22 heavy (non-hydrogen) atoms. The molecule has 0 radical (unpaired) electrons. The predicted octanol–water partition coefficient (Wildman–Crippen LogP) is 2.64. The van der Waals surface area contributed by atoms with Crippen LogP contribution in [0.15, 0.2) is 58.1 Å². The van der Waals surface area contributed by atoms with E-state index in [0.29, 0.717) is 16.9 Å². The Morgan fingerprint density at radius 3 is 2.73 bits per heavy atom. The van der Waals surface area contributed by atoms with Crippen LogP contribution in [0.4, 0.5) is 0 Å². The summed E-state index contributed by atoms with van der Waals surface area (Å²) in [7, 11) is 1.55. The average molecular weight is 363 g/mol. The van der Waals surface area contributed by atoms with Gasteiger partial charge in [-0.3, -0.25) is 4.79 Å². The number of hydrogen-bond donors (Lipinski definition) is 2. The largest absolute Gasteiger partial charge is 0.496 e. The van der Waals surface area contributed by atoms with E-state index in [0.717, 1.165) is 4.47 Å². The predicted molar refractivity (Wildman–Crippen MR) is 87.8 cm³/mol. The molecule has 5 nitrogen and oxygen atoms in total. The molecule has 0 saturated carbocycles. The second-order valence-electron chi connectivity index (χ2n) is 4.43. The first kappa shape index (κ1) is 16.2. The van der Waals surface area contributed by atoms with E-state index in [-0.39, 0.29) is 0 Å². The molecular weight excluding hydrogens is 348 g/mol. The Kier molecular flexibility index (Phi) is 5.68. The highest BCUT2D eigenvalue weighted by Gasteiger charge is 2.16. The van der Waals surface area contributed by atoms with Crippen LogP contribution in [-0.2, 0) is 4.79 Å². The number of nitrogens with zero attached hydrogens (tertiary/aromatic N) is 1. The van der Waals surface area contributed by atoms with Crippen LogP contribution in [0.5, 0.6) is 5.75 Å². The van der Waals surface area contributed by atoms with Gasteiger partial charge in [-0.2, -0.15) is 5.10 Å². The lowest BCUT2D eigenvalue weighted by Gasteiger charge is -2.09. The summed E-state index contributed by atoms with van der Waals surface area (Å²) >= 11 is 3.36. The van der Waals surface area contributed by atoms with Gasteiger partial charge in [0.05, 0.1) is 13.3 Å². The van der Waals surface area contributed by atoms with Gasteiger partial charge in [0.1, 0.15) is 5.75 Å². The number of hydrogen-bond acceptors (Lipinski definition) is 4. The molecule has 2 rings (SSSR count). The number of ether oxygens (including phenoxy) is 1. The minimum atomic E-state index is -1.26. The number of benzene rings is 2. The number of rotatable bonds is 5. The Bertz CT molecular complexity index is 674. The van der Waals surface area contributed by atoms with E-state index in [9.17, 15) is 9.90 Å². The fourth-order valence-electron chi connectivity index (χ4n) is 1.82. The van der Waals surface area contributed by atoms with Gasteiger partial charge in [0.2, 0.25) is 0 Å². The SMILES string of the molecule is COc1ccc(Br)cc1/C=N\NC(=O)[C@@H](O)c1ccccc1. The van der Waals surface area contributed by atoms with Crippen LogP contribution in [0.25, 0.3) is 0 Å². The van der Waals surface area contributed by atoms with E-state index in [4.69, 9.17) is 4.74 Å². The molecule has 2 aromatic rings. The highest BCUT2D eigenvalue weighted by Crippen LogP contribution is 2.21. The first-order valence-corrected chi connectivity index (χ1v) is 7.30. The Balaban J connectivity index is 2.03. The molecule has 0 saturated heterocycles. The quantitative estimate of drug-likeness (QED) is 0.634. The van der Waals surface area contributed by atoms with Crippen molar-refractivity contribution in [2.24, 2.45) is 5.10 Å². The van der Waals surface area contributed by atoms with Gasteiger partial charge in [-0.05, 0) is 23.8 Å². The van der Waals surface area contributed by atoms with Crippen molar-refractivity contribution >= 4 is 28.1 Å². The molecule has 0 aliphatic carbocycles. The summed E-state index contributed by atoms with van der Waals surface area (Å²) in [6.07, 6.45) is 0.196. The fraction of sp³-hybridized carbons (Fsp3) is 0.125. The summed E-state index contributed by atoms with van der Waals surface area (Å²) in [5.41, 5.74) is 3.52. The number of methoxy groups -OCH3 is 1. The molecule has 1 amide bonds. The standard InChI is InChI=1S/C16H15BrN2O3/c1-22-14-8-7-13(17)9-12(14)10-18-19-16(21)15(20)11-5-3-2-4-6-11/h2-10,15,20H,1H3,(H,19,21)/b18-10-/t15-/m0/s1. The van der Waals surface area contributed by atoms with Crippen LogP contribution >= 0.6 is 15.9 Å². The van der Waals surface area contributed by atoms with Crippen molar-refractivity contribution in [3.63, 3.8) is 0 Å². The lowest BCUT2D eigenvalue weighted by Crippen LogP contribution is -2.25. The molecule has 0 fully saturated rings. The molecule has 0 unspecified atom stereocenters. The zero-order valence-electron chi connectivity index (χ0n) is 11.9. The number of aliphatic hydroxyl groups is 1. The van der Waals surface area contributed by atoms with Gasteiger partial charge in [0.25, 0.3) is 5.91 Å². The van der Waals surface area contributed by atoms with E-state index in [1.54, 1.807) is 37.4 Å². The number of carbonyl (C=O) groups is 1. The number of amides is 1. The molecule has 0 heterocycles. The van der Waals surface area contributed by atoms with E-state index < -0.39 is 12.0 Å². The van der Waals surface area contributed by atoms with Gasteiger partial charge in [-0.15, -0.1) is 0 Å². The number of carbonyl (C=O) groups excluding carboxylic acids is 1. The van der Waals surface area contributed by atoms with Crippen LogP contribution in [0.1, 0.15) is 17.2 Å². The molecule has 2 N–H and O–H groups in total. The highest BCUT2D eigenvalue weighted by molar-refractivity contribution is 9.10. The van der Waals surface area contributed by atoms with Crippen molar-refractivity contribution in [3.05, 3.63) is 64.1 Å². The third kappa shape index (κ3) is 4.16. The maximum absolute atomic E-state index is 11.8. The Hall–Kier alpha value is -2.18. The van der Waals surface area contributed by atoms with Crippen LogP contribution in [0.2, 0.25) is 0 Å². The van der Waals surface area contributed by atoms with Gasteiger partial charge < -0.3 is 9.84 Å². The highest BCUT2D eigenvalue weighted by atomic mass is 79.9. The van der Waals surface area contributed by atoms with E-state index in [2.05, 4.69) is 26.5 Å². The van der Waals surface area contributed by atoms with E-state index >= 15 is 0 Å². The Labute approximate surface area is 136 Å². The molecule has 114 valence electrons. The lowest BCUT2D eigenvalue weighted by atomic mass is 10.1. The van der Waals surface area contributed by atoms with E-state index in [1.165, 1.54) is 6.21 Å². The molecule has 6 heteroatoms. The molecule has 0 aromatic heterocycles. The van der Waals surface area contributed by atoms with Gasteiger partial charge in [-0.25, -0.2) is 5.43 Å². The van der Waals surface area contributed by atoms with Crippen molar-refractivity contribution < 1.29 is 14.6 Å². The third-order valence-electron chi connectivity index (χ3n) is 2.93. The number of halogens is 1. The number of aliphatic hydroxyl groups excluding tert-OH is 1. The number of nitrogens with one attached hydrogen (secondary N) is 1. The van der Waals surface area contributed by atoms with Crippen molar-refractivity contribution in [1.82, 2.24) is 5.43 Å². The summed E-state index contributed by atoms with van der Waals surface area (Å²) in [5.74, 6) is 0.0289. The summed E-state index contributed by atoms with van der Waals surface area (Å²) in [5, 5.41) is 13.8. The van der Waals surface area contributed by atoms with Gasteiger partial charge in [0, 0.05) is 10.0 Å². The van der Waals surface area contributed by atoms with Gasteiger partial charge in [0.15, 0.2) is 6.10 Å². The van der Waals surface area contributed by atoms with Crippen LogP contribution in [0, 0.1) is 0 Å². The summed E-state index contributed by atoms with van der Waals surface area (Å²) in [4.78, 5) is 11.8. The van der Waals surface area contributed by atoms with Crippen molar-refractivity contribution in [3.8, 4) is 5.75 Å². The zero-order chi connectivity index (χ0) is 15.9. The van der Waals surface area contributed by atoms with Crippen molar-refractivity contribution in [2.75, 3.05) is 7.11 Å². The molecule has 0 aliphatic heterocycles. The summed E-state index contributed by atoms with van der Waals surface area (Å²) < 4.78 is 6.07. The Morgan fingerprint density at radius 1 is 1.32 bits per heavy atom. The second-order valence-corrected chi connectivity index (χ2v) is 5.35. The van der Waals surface area contributed by atoms with Crippen LogP contribution in [-0.4, -0.2) is 24.3 Å². The summed E-state index contributed by atoms with van der Waals surface area (Å²) in [6, 6.07) is 14.1. The molecular formula is C16H15BrN2O3. The minimum absolute atomic E-state index is 0.509. The first-order chi connectivity index (χ1) is 10.6. The topological polar surface area (TPSA) is 70.9 Å². The van der Waals surface area contributed by atoms with Crippen LogP contribution < -0.4 is 10.2 Å². The molecule has 0 bridgehead atoms. The van der Waals surface area contributed by atoms with E-state index in [1.807, 2.05) is 18.2 Å². The maximum atomic E-state index is 11.8. The number of hydrazone groups is 1. The van der Waals surface area contributed by atoms with Crippen molar-refractivity contribution in [2.45, 2.75) is 6.10 Å². The fourth-order valence-corrected chi connectivity index (χ4v) is 2.20. The second kappa shape index (κ2) is 7.72. The zero-order valence-corrected chi connectivity index (χ0v) is 13.4. The van der Waals surface area contributed by atoms with Crippen molar-refractivity contribution in [1.29, 1.82) is 0 Å². The lowest BCUT2D eigenvalue weighted by molar-refractivity contribution is -0.129. The smallest absolute Gasteiger partial charge is 0.273 e. The van der Waals surface area contributed by atoms with Crippen LogP contribution in [0.3, 0.4) is 0 Å². The average Bonchev–Trinajstić information content (AvgIpc) is 2.55. The first-order valence-electron chi connectivity index (χ1n) is 6.51. The monoisotopic (exact) mass is 362 g/mol. The third-order valence-corrected chi connectivity index (χ3v) is 3.43. The maximum Gasteiger partial charge on any atom is 0.273 e. The molecule has 0 aliphatic rings. The Morgan fingerprint density at radius 2 is 2.05 bits per heavy atom. The normalized spacial score (nSPS) is 12.1. The van der Waals surface area contributed by atoms with Gasteiger partial charge >= 0.3 is 0 Å². The minimum Gasteiger partial charge on any atom is -0.496 e.